The van der Waals surface area contributed by atoms with Crippen LogP contribution in [0.15, 0.2) is 60.3 Å². The first-order chi connectivity index (χ1) is 10.7. The highest BCUT2D eigenvalue weighted by atomic mass is 14.4. The van der Waals surface area contributed by atoms with Crippen LogP contribution in [0, 0.1) is 17.8 Å². The zero-order valence-corrected chi connectivity index (χ0v) is 15.7. The van der Waals surface area contributed by atoms with Crippen LogP contribution in [0.5, 0.6) is 0 Å². The van der Waals surface area contributed by atoms with E-state index >= 15 is 0 Å². The molecule has 0 heterocycles. The first kappa shape index (κ1) is 24.0. The van der Waals surface area contributed by atoms with Crippen LogP contribution in [0.1, 0.15) is 68.2 Å². The monoisotopic (exact) mass is 316 g/mol. The zero-order valence-electron chi connectivity index (χ0n) is 15.7. The van der Waals surface area contributed by atoms with Gasteiger partial charge in [-0.3, -0.25) is 0 Å². The molecular formula is C23H40. The van der Waals surface area contributed by atoms with Crippen LogP contribution in [0.4, 0.5) is 0 Å². The van der Waals surface area contributed by atoms with Crippen LogP contribution in [0.2, 0.25) is 0 Å². The van der Waals surface area contributed by atoms with E-state index in [9.17, 15) is 0 Å². The van der Waals surface area contributed by atoms with Gasteiger partial charge in [-0.05, 0) is 47.8 Å². The van der Waals surface area contributed by atoms with Gasteiger partial charge in [0.05, 0.1) is 0 Å². The minimum atomic E-state index is 0. The van der Waals surface area contributed by atoms with Gasteiger partial charge < -0.3 is 0 Å². The fourth-order valence-electron chi connectivity index (χ4n) is 3.67. The number of fused-ring (bicyclic) bond motifs is 1. The van der Waals surface area contributed by atoms with Crippen molar-refractivity contribution in [1.82, 2.24) is 0 Å². The Morgan fingerprint density at radius 3 is 2.30 bits per heavy atom. The number of rotatable bonds is 4. The van der Waals surface area contributed by atoms with Crippen molar-refractivity contribution in [2.75, 3.05) is 0 Å². The molecule has 2 aliphatic rings. The number of hydrogen-bond acceptors (Lipinski definition) is 0. The van der Waals surface area contributed by atoms with E-state index in [0.717, 1.165) is 12.3 Å². The van der Waals surface area contributed by atoms with Crippen molar-refractivity contribution < 1.29 is 0 Å². The lowest BCUT2D eigenvalue weighted by Gasteiger charge is -2.25. The van der Waals surface area contributed by atoms with Gasteiger partial charge in [-0.1, -0.05) is 92.5 Å². The molecule has 0 aromatic carbocycles. The molecule has 2 rings (SSSR count). The largest absolute Gasteiger partial charge is 0.0991 e. The molecule has 0 saturated carbocycles. The predicted octanol–water partition coefficient (Wildman–Crippen LogP) is 7.91. The molecule has 0 bridgehead atoms. The second kappa shape index (κ2) is 13.2. The molecule has 2 aliphatic carbocycles. The SMILES string of the molecule is C.C=C/C=C(/CC)C1=C(C=C)C2C=CCCC2C1C.CC.CC. The Kier molecular flexibility index (Phi) is 13.7. The Morgan fingerprint density at radius 2 is 1.83 bits per heavy atom. The molecule has 0 radical (unpaired) electrons. The molecule has 132 valence electrons. The van der Waals surface area contributed by atoms with Crippen LogP contribution in [-0.2, 0) is 0 Å². The van der Waals surface area contributed by atoms with Crippen LogP contribution in [0.3, 0.4) is 0 Å². The van der Waals surface area contributed by atoms with Gasteiger partial charge in [0.15, 0.2) is 0 Å². The fourth-order valence-corrected chi connectivity index (χ4v) is 3.67. The summed E-state index contributed by atoms with van der Waals surface area (Å²) in [6, 6.07) is 0. The molecule has 0 fully saturated rings. The summed E-state index contributed by atoms with van der Waals surface area (Å²) in [5.74, 6) is 2.03. The molecule has 3 unspecified atom stereocenters. The zero-order chi connectivity index (χ0) is 17.1. The normalized spacial score (nSPS) is 25.1. The summed E-state index contributed by atoms with van der Waals surface area (Å²) in [5.41, 5.74) is 4.43. The molecule has 0 aromatic rings. The van der Waals surface area contributed by atoms with Crippen molar-refractivity contribution in [3.63, 3.8) is 0 Å². The van der Waals surface area contributed by atoms with Crippen molar-refractivity contribution >= 4 is 0 Å². The van der Waals surface area contributed by atoms with E-state index in [1.54, 1.807) is 0 Å². The van der Waals surface area contributed by atoms with Crippen molar-refractivity contribution in [3.8, 4) is 0 Å². The third kappa shape index (κ3) is 5.37. The molecule has 23 heavy (non-hydrogen) atoms. The van der Waals surface area contributed by atoms with Gasteiger partial charge in [0.1, 0.15) is 0 Å². The molecule has 0 amide bonds. The van der Waals surface area contributed by atoms with Gasteiger partial charge in [0.25, 0.3) is 0 Å². The highest BCUT2D eigenvalue weighted by Gasteiger charge is 2.38. The van der Waals surface area contributed by atoms with Gasteiger partial charge in [-0.15, -0.1) is 0 Å². The van der Waals surface area contributed by atoms with E-state index in [1.165, 1.54) is 29.6 Å². The maximum atomic E-state index is 4.05. The summed E-state index contributed by atoms with van der Waals surface area (Å²) in [6.07, 6.45) is 14.5. The van der Waals surface area contributed by atoms with E-state index in [4.69, 9.17) is 0 Å². The minimum absolute atomic E-state index is 0. The Morgan fingerprint density at radius 1 is 1.22 bits per heavy atom. The summed E-state index contributed by atoms with van der Waals surface area (Å²) in [4.78, 5) is 0. The predicted molar refractivity (Wildman–Crippen MR) is 110 cm³/mol. The number of hydrogen-bond donors (Lipinski definition) is 0. The Bertz CT molecular complexity index is 431. The third-order valence-electron chi connectivity index (χ3n) is 4.50. The Hall–Kier alpha value is -1.30. The lowest BCUT2D eigenvalue weighted by molar-refractivity contribution is 0.347. The Labute approximate surface area is 146 Å². The topological polar surface area (TPSA) is 0 Å². The van der Waals surface area contributed by atoms with E-state index in [-0.39, 0.29) is 7.43 Å². The summed E-state index contributed by atoms with van der Waals surface area (Å²) >= 11 is 0. The molecule has 0 spiro atoms. The summed E-state index contributed by atoms with van der Waals surface area (Å²) in [7, 11) is 0. The van der Waals surface area contributed by atoms with Gasteiger partial charge in [0, 0.05) is 5.92 Å². The number of allylic oxidation sites excluding steroid dienone is 8. The minimum Gasteiger partial charge on any atom is -0.0991 e. The molecule has 0 heteroatoms. The maximum absolute atomic E-state index is 4.05. The Balaban J connectivity index is 0. The van der Waals surface area contributed by atoms with Crippen LogP contribution in [0.25, 0.3) is 0 Å². The van der Waals surface area contributed by atoms with E-state index in [1.807, 2.05) is 33.8 Å². The van der Waals surface area contributed by atoms with Crippen LogP contribution < -0.4 is 0 Å². The highest BCUT2D eigenvalue weighted by Crippen LogP contribution is 2.49. The molecule has 0 aromatic heterocycles. The van der Waals surface area contributed by atoms with Crippen LogP contribution >= 0.6 is 0 Å². The smallest absolute Gasteiger partial charge is 0.00548 e. The van der Waals surface area contributed by atoms with Crippen LogP contribution in [-0.4, -0.2) is 0 Å². The molecule has 0 nitrogen and oxygen atoms in total. The van der Waals surface area contributed by atoms with Gasteiger partial charge >= 0.3 is 0 Å². The standard InChI is InChI=1S/C18H24.2C2H6.CH4/c1-5-10-14(6-2)18-13(4)16-11-8-9-12-17(16)15(18)7-3;2*1-2;/h5,7,9-10,12-13,16-17H,1,3,6,8,11H2,2,4H3;2*1-2H3;1H4/b14-10-;;;. The van der Waals surface area contributed by atoms with E-state index in [0.29, 0.717) is 11.8 Å². The molecule has 0 N–H and O–H groups in total. The third-order valence-corrected chi connectivity index (χ3v) is 4.50. The highest BCUT2D eigenvalue weighted by molar-refractivity contribution is 5.49. The maximum Gasteiger partial charge on any atom is 0.00548 e. The molecule has 3 atom stereocenters. The fraction of sp³-hybridized carbons (Fsp3) is 0.565. The lowest BCUT2D eigenvalue weighted by atomic mass is 9.79. The second-order valence-corrected chi connectivity index (χ2v) is 5.34. The van der Waals surface area contributed by atoms with Crippen molar-refractivity contribution in [2.45, 2.75) is 68.2 Å². The lowest BCUT2D eigenvalue weighted by Crippen LogP contribution is -2.17. The first-order valence-electron chi connectivity index (χ1n) is 9.09. The van der Waals surface area contributed by atoms with Gasteiger partial charge in [-0.25, -0.2) is 0 Å². The summed E-state index contributed by atoms with van der Waals surface area (Å²) in [6.45, 7) is 20.5. The van der Waals surface area contributed by atoms with Crippen molar-refractivity contribution in [3.05, 3.63) is 60.3 Å². The van der Waals surface area contributed by atoms with E-state index in [2.05, 4.69) is 51.3 Å². The first-order valence-corrected chi connectivity index (χ1v) is 9.09. The second-order valence-electron chi connectivity index (χ2n) is 5.34. The summed E-state index contributed by atoms with van der Waals surface area (Å²) < 4.78 is 0. The van der Waals surface area contributed by atoms with E-state index < -0.39 is 0 Å². The van der Waals surface area contributed by atoms with Crippen molar-refractivity contribution in [2.24, 2.45) is 17.8 Å². The average Bonchev–Trinajstić information content (AvgIpc) is 2.89. The molecular weight excluding hydrogens is 276 g/mol. The summed E-state index contributed by atoms with van der Waals surface area (Å²) in [5, 5.41) is 0. The average molecular weight is 317 g/mol. The molecule has 0 aliphatic heterocycles. The van der Waals surface area contributed by atoms with Gasteiger partial charge in [-0.2, -0.15) is 0 Å². The molecule has 0 saturated heterocycles. The van der Waals surface area contributed by atoms with Crippen molar-refractivity contribution in [1.29, 1.82) is 0 Å². The van der Waals surface area contributed by atoms with Gasteiger partial charge in [0.2, 0.25) is 0 Å². The quantitative estimate of drug-likeness (QED) is 0.365.